The Bertz CT molecular complexity index is 741. The van der Waals surface area contributed by atoms with Gasteiger partial charge in [-0.2, -0.15) is 0 Å². The fourth-order valence-electron chi connectivity index (χ4n) is 3.05. The van der Waals surface area contributed by atoms with Gasteiger partial charge in [-0.05, 0) is 66.3 Å². The summed E-state index contributed by atoms with van der Waals surface area (Å²) in [6.07, 6.45) is 5.58. The topological polar surface area (TPSA) is 69.1 Å². The number of ketones is 1. The van der Waals surface area contributed by atoms with Crippen LogP contribution in [-0.2, 0) is 4.79 Å². The van der Waals surface area contributed by atoms with Crippen LogP contribution >= 0.6 is 24.8 Å². The molecule has 0 atom stereocenters. The van der Waals surface area contributed by atoms with E-state index in [1.54, 1.807) is 0 Å². The quantitative estimate of drug-likeness (QED) is 0.549. The molecule has 0 bridgehead atoms. The minimum atomic E-state index is 0. The van der Waals surface area contributed by atoms with Gasteiger partial charge in [0.05, 0.1) is 0 Å². The summed E-state index contributed by atoms with van der Waals surface area (Å²) in [6.45, 7) is 2.18. The Morgan fingerprint density at radius 2 is 1.12 bits per heavy atom. The molecule has 1 aliphatic carbocycles. The molecule has 1 fully saturated rings. The van der Waals surface area contributed by atoms with E-state index in [0.717, 1.165) is 46.5 Å². The van der Waals surface area contributed by atoms with Crippen molar-refractivity contribution in [2.24, 2.45) is 5.92 Å². The van der Waals surface area contributed by atoms with Crippen LogP contribution < -0.4 is 11.5 Å². The van der Waals surface area contributed by atoms with Gasteiger partial charge in [0.1, 0.15) is 0 Å². The molecular formula is C21H24Cl2N2O. The largest absolute Gasteiger partial charge is 0.399 e. The standard InChI is InChI=1S/C21H22N2O.2ClH/c1-14-10-17(12-15-2-6-19(22)7-3-15)21(24)18(11-14)13-16-4-8-20(23)9-5-16;;/h2-9,12-14H,10-11,22-23H2,1H3;2*1H. The highest BCUT2D eigenvalue weighted by Crippen LogP contribution is 2.32. The van der Waals surface area contributed by atoms with E-state index in [2.05, 4.69) is 6.92 Å². The molecule has 1 aliphatic rings. The lowest BCUT2D eigenvalue weighted by Gasteiger charge is -2.22. The number of carbonyl (C=O) groups excluding carboxylic acids is 1. The van der Waals surface area contributed by atoms with Crippen LogP contribution in [0.4, 0.5) is 11.4 Å². The first-order chi connectivity index (χ1) is 11.5. The zero-order valence-electron chi connectivity index (χ0n) is 14.6. The van der Waals surface area contributed by atoms with Gasteiger partial charge in [-0.1, -0.05) is 31.2 Å². The number of hydrogen-bond donors (Lipinski definition) is 2. The van der Waals surface area contributed by atoms with E-state index in [9.17, 15) is 4.79 Å². The summed E-state index contributed by atoms with van der Waals surface area (Å²) in [5, 5.41) is 0. The van der Waals surface area contributed by atoms with E-state index < -0.39 is 0 Å². The summed E-state index contributed by atoms with van der Waals surface area (Å²) in [7, 11) is 0. The third-order valence-corrected chi connectivity index (χ3v) is 4.27. The molecule has 0 spiro atoms. The first-order valence-electron chi connectivity index (χ1n) is 8.18. The fourth-order valence-corrected chi connectivity index (χ4v) is 3.05. The lowest BCUT2D eigenvalue weighted by molar-refractivity contribution is -0.113. The molecule has 0 amide bonds. The Balaban J connectivity index is 0.00000169. The van der Waals surface area contributed by atoms with Crippen LogP contribution in [0.2, 0.25) is 0 Å². The van der Waals surface area contributed by atoms with Crippen molar-refractivity contribution in [2.45, 2.75) is 19.8 Å². The zero-order chi connectivity index (χ0) is 17.1. The summed E-state index contributed by atoms with van der Waals surface area (Å²) in [6, 6.07) is 15.2. The molecule has 2 aromatic rings. The first kappa shape index (κ1) is 21.8. The average Bonchev–Trinajstić information content (AvgIpc) is 2.56. The van der Waals surface area contributed by atoms with Gasteiger partial charge in [-0.25, -0.2) is 0 Å². The van der Waals surface area contributed by atoms with E-state index in [-0.39, 0.29) is 30.6 Å². The number of anilines is 2. The van der Waals surface area contributed by atoms with E-state index in [4.69, 9.17) is 11.5 Å². The van der Waals surface area contributed by atoms with Crippen molar-refractivity contribution in [1.29, 1.82) is 0 Å². The fraction of sp³-hybridized carbons (Fsp3) is 0.190. The molecule has 4 N–H and O–H groups in total. The van der Waals surface area contributed by atoms with Gasteiger partial charge < -0.3 is 11.5 Å². The monoisotopic (exact) mass is 390 g/mol. The van der Waals surface area contributed by atoms with Gasteiger partial charge in [0.2, 0.25) is 0 Å². The molecular weight excluding hydrogens is 367 g/mol. The summed E-state index contributed by atoms with van der Waals surface area (Å²) < 4.78 is 0. The van der Waals surface area contributed by atoms with Crippen LogP contribution in [0, 0.1) is 5.92 Å². The van der Waals surface area contributed by atoms with Gasteiger partial charge in [0.25, 0.3) is 0 Å². The molecule has 0 unspecified atom stereocenters. The Labute approximate surface area is 167 Å². The maximum absolute atomic E-state index is 12.8. The highest BCUT2D eigenvalue weighted by molar-refractivity contribution is 6.14. The molecule has 0 aliphatic heterocycles. The van der Waals surface area contributed by atoms with Crippen molar-refractivity contribution >= 4 is 54.1 Å². The van der Waals surface area contributed by atoms with Crippen molar-refractivity contribution in [2.75, 3.05) is 11.5 Å². The highest BCUT2D eigenvalue weighted by Gasteiger charge is 2.25. The summed E-state index contributed by atoms with van der Waals surface area (Å²) in [5.41, 5.74) is 16.6. The number of halogens is 2. The number of benzene rings is 2. The highest BCUT2D eigenvalue weighted by atomic mass is 35.5. The predicted molar refractivity (Wildman–Crippen MR) is 116 cm³/mol. The Hall–Kier alpha value is -2.23. The molecule has 3 rings (SSSR count). The number of Topliss-reactive ketones (excluding diaryl/α,β-unsaturated/α-hetero) is 1. The molecule has 1 saturated carbocycles. The maximum Gasteiger partial charge on any atom is 0.185 e. The average molecular weight is 391 g/mol. The van der Waals surface area contributed by atoms with E-state index >= 15 is 0 Å². The zero-order valence-corrected chi connectivity index (χ0v) is 16.3. The Morgan fingerprint density at radius 3 is 1.46 bits per heavy atom. The van der Waals surface area contributed by atoms with Gasteiger partial charge in [0, 0.05) is 22.5 Å². The van der Waals surface area contributed by atoms with Crippen molar-refractivity contribution in [1.82, 2.24) is 0 Å². The Morgan fingerprint density at radius 1 is 0.769 bits per heavy atom. The van der Waals surface area contributed by atoms with E-state index in [1.165, 1.54) is 0 Å². The number of rotatable bonds is 2. The van der Waals surface area contributed by atoms with Crippen molar-refractivity contribution in [3.63, 3.8) is 0 Å². The predicted octanol–water partition coefficient (Wildman–Crippen LogP) is 5.16. The normalized spacial score (nSPS) is 19.7. The summed E-state index contributed by atoms with van der Waals surface area (Å²) in [4.78, 5) is 12.8. The van der Waals surface area contributed by atoms with Crippen molar-refractivity contribution in [3.05, 3.63) is 70.8 Å². The lowest BCUT2D eigenvalue weighted by atomic mass is 9.81. The third kappa shape index (κ3) is 5.38. The van der Waals surface area contributed by atoms with Gasteiger partial charge in [0.15, 0.2) is 5.78 Å². The second kappa shape index (κ2) is 9.46. The second-order valence-electron chi connectivity index (χ2n) is 6.52. The number of carbonyl (C=O) groups is 1. The Kier molecular flexibility index (Phi) is 7.94. The summed E-state index contributed by atoms with van der Waals surface area (Å²) >= 11 is 0. The van der Waals surface area contributed by atoms with E-state index in [0.29, 0.717) is 5.92 Å². The van der Waals surface area contributed by atoms with Gasteiger partial charge >= 0.3 is 0 Å². The van der Waals surface area contributed by atoms with Crippen LogP contribution in [0.1, 0.15) is 30.9 Å². The number of allylic oxidation sites excluding steroid dienone is 2. The molecule has 3 nitrogen and oxygen atoms in total. The molecule has 0 saturated heterocycles. The van der Waals surface area contributed by atoms with Crippen LogP contribution in [0.5, 0.6) is 0 Å². The maximum atomic E-state index is 12.8. The molecule has 26 heavy (non-hydrogen) atoms. The molecule has 0 heterocycles. The van der Waals surface area contributed by atoms with Crippen LogP contribution in [0.3, 0.4) is 0 Å². The minimum Gasteiger partial charge on any atom is -0.399 e. The minimum absolute atomic E-state index is 0. The number of nitrogens with two attached hydrogens (primary N) is 2. The van der Waals surface area contributed by atoms with Crippen LogP contribution in [0.15, 0.2) is 59.7 Å². The molecule has 5 heteroatoms. The number of nitrogen functional groups attached to an aromatic ring is 2. The van der Waals surface area contributed by atoms with Crippen molar-refractivity contribution < 1.29 is 4.79 Å². The molecule has 0 radical (unpaired) electrons. The van der Waals surface area contributed by atoms with Gasteiger partial charge in [-0.15, -0.1) is 24.8 Å². The smallest absolute Gasteiger partial charge is 0.185 e. The first-order valence-corrected chi connectivity index (χ1v) is 8.18. The van der Waals surface area contributed by atoms with Crippen LogP contribution in [-0.4, -0.2) is 5.78 Å². The van der Waals surface area contributed by atoms with Gasteiger partial charge in [-0.3, -0.25) is 4.79 Å². The number of hydrogen-bond acceptors (Lipinski definition) is 3. The van der Waals surface area contributed by atoms with E-state index in [1.807, 2.05) is 60.7 Å². The SMILES string of the molecule is CC1CC(=Cc2ccc(N)cc2)C(=O)C(=Cc2ccc(N)cc2)C1.Cl.Cl. The third-order valence-electron chi connectivity index (χ3n) is 4.27. The summed E-state index contributed by atoms with van der Waals surface area (Å²) in [5.74, 6) is 0.588. The second-order valence-corrected chi connectivity index (χ2v) is 6.52. The molecule has 0 aromatic heterocycles. The molecule has 138 valence electrons. The van der Waals surface area contributed by atoms with Crippen molar-refractivity contribution in [3.8, 4) is 0 Å². The lowest BCUT2D eigenvalue weighted by Crippen LogP contribution is -2.18. The molecule has 2 aromatic carbocycles. The van der Waals surface area contributed by atoms with Crippen LogP contribution in [0.25, 0.3) is 12.2 Å².